The van der Waals surface area contributed by atoms with Crippen molar-refractivity contribution in [2.75, 3.05) is 36.9 Å². The predicted molar refractivity (Wildman–Crippen MR) is 144 cm³/mol. The smallest absolute Gasteiger partial charge is 0.247 e. The van der Waals surface area contributed by atoms with Crippen molar-refractivity contribution in [2.45, 2.75) is 31.8 Å². The lowest BCUT2D eigenvalue weighted by Crippen LogP contribution is -2.54. The minimum atomic E-state index is -0.571. The number of aromatic nitrogens is 1. The molecule has 190 valence electrons. The summed E-state index contributed by atoms with van der Waals surface area (Å²) in [5, 5.41) is 15.4. The van der Waals surface area contributed by atoms with E-state index in [9.17, 15) is 9.59 Å². The number of benzene rings is 2. The molecule has 37 heavy (non-hydrogen) atoms. The summed E-state index contributed by atoms with van der Waals surface area (Å²) in [5.41, 5.74) is 3.42. The molecule has 2 aromatic carbocycles. The highest BCUT2D eigenvalue weighted by Crippen LogP contribution is 2.23. The number of anilines is 2. The molecule has 3 aromatic rings. The molecule has 0 aliphatic carbocycles. The van der Waals surface area contributed by atoms with Crippen LogP contribution >= 0.6 is 0 Å². The van der Waals surface area contributed by atoms with E-state index in [-0.39, 0.29) is 23.8 Å². The van der Waals surface area contributed by atoms with Crippen LogP contribution in [0.2, 0.25) is 0 Å². The van der Waals surface area contributed by atoms with Crippen LogP contribution in [0.15, 0.2) is 72.9 Å². The van der Waals surface area contributed by atoms with Crippen LogP contribution in [0.5, 0.6) is 0 Å². The van der Waals surface area contributed by atoms with E-state index in [2.05, 4.69) is 28.6 Å². The summed E-state index contributed by atoms with van der Waals surface area (Å²) in [5.74, 6) is 0.458. The lowest BCUT2D eigenvalue weighted by molar-refractivity contribution is -0.132. The zero-order valence-corrected chi connectivity index (χ0v) is 21.4. The Labute approximate surface area is 217 Å². The van der Waals surface area contributed by atoms with Gasteiger partial charge in [0.2, 0.25) is 11.8 Å². The van der Waals surface area contributed by atoms with E-state index in [1.165, 1.54) is 0 Å². The van der Waals surface area contributed by atoms with Crippen molar-refractivity contribution in [1.29, 1.82) is 5.26 Å². The van der Waals surface area contributed by atoms with Crippen LogP contribution in [-0.2, 0) is 9.59 Å². The number of piperazine rings is 1. The Morgan fingerprint density at radius 2 is 1.81 bits per heavy atom. The SMILES string of the molecule is CC1C(=O)N(C)CCN1c1ccc(NC(=O)[C@H](NC[C@@H](C)c2ccc(C#N)cc2)c2ccccc2)nc1. The minimum absolute atomic E-state index is 0.0793. The van der Waals surface area contributed by atoms with Crippen molar-refractivity contribution < 1.29 is 9.59 Å². The van der Waals surface area contributed by atoms with Gasteiger partial charge in [0.15, 0.2) is 0 Å². The summed E-state index contributed by atoms with van der Waals surface area (Å²) in [7, 11) is 1.81. The van der Waals surface area contributed by atoms with Crippen LogP contribution in [0.1, 0.15) is 42.5 Å². The van der Waals surface area contributed by atoms with Crippen LogP contribution < -0.4 is 15.5 Å². The van der Waals surface area contributed by atoms with E-state index >= 15 is 0 Å². The molecule has 1 aliphatic heterocycles. The number of amides is 2. The van der Waals surface area contributed by atoms with E-state index in [4.69, 9.17) is 5.26 Å². The van der Waals surface area contributed by atoms with E-state index in [0.717, 1.165) is 23.4 Å². The summed E-state index contributed by atoms with van der Waals surface area (Å²) >= 11 is 0. The van der Waals surface area contributed by atoms with Gasteiger partial charge in [0.1, 0.15) is 17.9 Å². The Hall–Kier alpha value is -4.22. The molecule has 1 aromatic heterocycles. The number of nitrogens with zero attached hydrogens (tertiary/aromatic N) is 4. The van der Waals surface area contributed by atoms with Crippen molar-refractivity contribution in [2.24, 2.45) is 0 Å². The first-order valence-electron chi connectivity index (χ1n) is 12.4. The molecule has 1 unspecified atom stereocenters. The molecule has 4 rings (SSSR count). The summed E-state index contributed by atoms with van der Waals surface area (Å²) in [6, 6.07) is 22.1. The van der Waals surface area contributed by atoms with E-state index in [0.29, 0.717) is 24.5 Å². The fraction of sp³-hybridized carbons (Fsp3) is 0.310. The van der Waals surface area contributed by atoms with E-state index in [1.807, 2.05) is 67.4 Å². The molecule has 2 amide bonds. The summed E-state index contributed by atoms with van der Waals surface area (Å²) in [4.78, 5) is 33.9. The van der Waals surface area contributed by atoms with Crippen LogP contribution in [0, 0.1) is 11.3 Å². The molecule has 8 nitrogen and oxygen atoms in total. The van der Waals surface area contributed by atoms with Crippen LogP contribution in [0.25, 0.3) is 0 Å². The van der Waals surface area contributed by atoms with Crippen molar-refractivity contribution in [1.82, 2.24) is 15.2 Å². The van der Waals surface area contributed by atoms with Crippen molar-refractivity contribution in [3.05, 3.63) is 89.6 Å². The van der Waals surface area contributed by atoms with Gasteiger partial charge in [-0.2, -0.15) is 5.26 Å². The Morgan fingerprint density at radius 1 is 1.08 bits per heavy atom. The molecule has 8 heteroatoms. The summed E-state index contributed by atoms with van der Waals surface area (Å²) < 4.78 is 0. The zero-order valence-electron chi connectivity index (χ0n) is 21.4. The largest absolute Gasteiger partial charge is 0.357 e. The topological polar surface area (TPSA) is 101 Å². The molecule has 3 atom stereocenters. The molecule has 0 radical (unpaired) electrons. The van der Waals surface area contributed by atoms with Crippen LogP contribution in [-0.4, -0.2) is 54.4 Å². The first kappa shape index (κ1) is 25.9. The molecule has 0 spiro atoms. The quantitative estimate of drug-likeness (QED) is 0.493. The molecule has 0 saturated carbocycles. The third-order valence-corrected chi connectivity index (χ3v) is 6.84. The Bertz CT molecular complexity index is 1250. The van der Waals surface area contributed by atoms with Gasteiger partial charge in [0.25, 0.3) is 0 Å². The molecule has 2 N–H and O–H groups in total. The van der Waals surface area contributed by atoms with Gasteiger partial charge >= 0.3 is 0 Å². The second-order valence-corrected chi connectivity index (χ2v) is 9.41. The lowest BCUT2D eigenvalue weighted by Gasteiger charge is -2.38. The van der Waals surface area contributed by atoms with Crippen LogP contribution in [0.4, 0.5) is 11.5 Å². The van der Waals surface area contributed by atoms with Gasteiger partial charge in [0, 0.05) is 26.7 Å². The fourth-order valence-electron chi connectivity index (χ4n) is 4.50. The highest BCUT2D eigenvalue weighted by molar-refractivity contribution is 5.95. The number of carbonyl (C=O) groups is 2. The highest BCUT2D eigenvalue weighted by Gasteiger charge is 2.29. The Morgan fingerprint density at radius 3 is 2.46 bits per heavy atom. The molecule has 0 bridgehead atoms. The van der Waals surface area contributed by atoms with Gasteiger partial charge in [-0.05, 0) is 48.2 Å². The van der Waals surface area contributed by atoms with Gasteiger partial charge in [-0.25, -0.2) is 4.98 Å². The molecule has 2 heterocycles. The second kappa shape index (κ2) is 11.7. The maximum atomic E-state index is 13.4. The molecule has 1 fully saturated rings. The third kappa shape index (κ3) is 6.13. The van der Waals surface area contributed by atoms with Crippen molar-refractivity contribution >= 4 is 23.3 Å². The Kier molecular flexibility index (Phi) is 8.16. The molecule has 1 aliphatic rings. The van der Waals surface area contributed by atoms with Gasteiger partial charge < -0.3 is 20.4 Å². The van der Waals surface area contributed by atoms with Gasteiger partial charge in [-0.1, -0.05) is 49.4 Å². The summed E-state index contributed by atoms with van der Waals surface area (Å²) in [6.45, 7) is 5.93. The zero-order chi connectivity index (χ0) is 26.4. The highest BCUT2D eigenvalue weighted by atomic mass is 16.2. The number of rotatable bonds is 8. The maximum absolute atomic E-state index is 13.4. The average Bonchev–Trinajstić information content (AvgIpc) is 2.93. The number of carbonyl (C=O) groups excluding carboxylic acids is 2. The van der Waals surface area contributed by atoms with Gasteiger partial charge in [0.05, 0.1) is 23.5 Å². The fourth-order valence-corrected chi connectivity index (χ4v) is 4.50. The van der Waals surface area contributed by atoms with Gasteiger partial charge in [-0.3, -0.25) is 9.59 Å². The van der Waals surface area contributed by atoms with E-state index in [1.54, 1.807) is 29.3 Å². The first-order valence-corrected chi connectivity index (χ1v) is 12.4. The maximum Gasteiger partial charge on any atom is 0.247 e. The number of hydrogen-bond acceptors (Lipinski definition) is 6. The van der Waals surface area contributed by atoms with Crippen LogP contribution in [0.3, 0.4) is 0 Å². The minimum Gasteiger partial charge on any atom is -0.357 e. The molecular weight excluding hydrogens is 464 g/mol. The lowest BCUT2D eigenvalue weighted by atomic mass is 9.98. The summed E-state index contributed by atoms with van der Waals surface area (Å²) in [6.07, 6.45) is 1.70. The monoisotopic (exact) mass is 496 g/mol. The number of nitriles is 1. The third-order valence-electron chi connectivity index (χ3n) is 6.84. The van der Waals surface area contributed by atoms with Crippen molar-refractivity contribution in [3.8, 4) is 6.07 Å². The first-order chi connectivity index (χ1) is 17.9. The number of pyridine rings is 1. The predicted octanol–water partition coefficient (Wildman–Crippen LogP) is 3.69. The molecule has 1 saturated heterocycles. The molecular formula is C29H32N6O2. The van der Waals surface area contributed by atoms with Crippen molar-refractivity contribution in [3.63, 3.8) is 0 Å². The normalized spacial score (nSPS) is 17.1. The average molecular weight is 497 g/mol. The second-order valence-electron chi connectivity index (χ2n) is 9.41. The Balaban J connectivity index is 1.44. The number of likely N-dealkylation sites (N-methyl/N-ethyl adjacent to an activating group) is 1. The number of hydrogen-bond donors (Lipinski definition) is 2. The standard InChI is InChI=1S/C29H32N6O2/c1-20(23-11-9-22(17-30)10-12-23)18-32-27(24-7-5-4-6-8-24)28(36)33-26-14-13-25(19-31-26)35-16-15-34(3)29(37)21(35)2/h4-14,19-21,27,32H,15-16,18H2,1-3H3,(H,31,33,36)/t20-,21?,27-/m1/s1. The number of nitrogens with one attached hydrogen (secondary N) is 2. The van der Waals surface area contributed by atoms with Gasteiger partial charge in [-0.15, -0.1) is 0 Å². The van der Waals surface area contributed by atoms with E-state index < -0.39 is 6.04 Å².